The molecule has 2 N–H and O–H groups in total. The minimum Gasteiger partial charge on any atom is -0.399 e. The molecule has 1 heterocycles. The molecule has 0 saturated carbocycles. The van der Waals surface area contributed by atoms with Gasteiger partial charge in [-0.25, -0.2) is 4.21 Å². The van der Waals surface area contributed by atoms with Gasteiger partial charge in [-0.1, -0.05) is 0 Å². The predicted octanol–water partition coefficient (Wildman–Crippen LogP) is 2.17. The topological polar surface area (TPSA) is 58.8 Å². The maximum absolute atomic E-state index is 12.2. The van der Waals surface area contributed by atoms with Crippen LogP contribution in [-0.2, 0) is 15.4 Å². The molecule has 21 heavy (non-hydrogen) atoms. The summed E-state index contributed by atoms with van der Waals surface area (Å²) in [7, 11) is 0. The second kappa shape index (κ2) is 6.77. The number of nitrogens with two attached hydrogens (primary N) is 1. The molecule has 0 aromatic heterocycles. The fourth-order valence-corrected chi connectivity index (χ4v) is 3.29. The zero-order valence-electron chi connectivity index (χ0n) is 13.0. The number of rotatable bonds is 3. The second-order valence-electron chi connectivity index (χ2n) is 6.27. The molecule has 1 aliphatic rings. The monoisotopic (exact) mass is 311 g/mol. The van der Waals surface area contributed by atoms with Crippen LogP contribution >= 0.6 is 0 Å². The summed E-state index contributed by atoms with van der Waals surface area (Å²) in [5.74, 6) is 0. The van der Waals surface area contributed by atoms with Crippen molar-refractivity contribution >= 4 is 22.6 Å². The van der Waals surface area contributed by atoms with Crippen LogP contribution in [0.1, 0.15) is 27.2 Å². The van der Waals surface area contributed by atoms with Gasteiger partial charge < -0.3 is 10.6 Å². The molecule has 1 aromatic rings. The van der Waals surface area contributed by atoms with Gasteiger partial charge in [0.2, 0.25) is 11.3 Å². The first-order chi connectivity index (χ1) is 9.85. The lowest BCUT2D eigenvalue weighted by Gasteiger charge is -2.25. The van der Waals surface area contributed by atoms with Crippen molar-refractivity contribution < 1.29 is 8.39 Å². The van der Waals surface area contributed by atoms with Gasteiger partial charge in [-0.2, -0.15) is 4.31 Å². The molecule has 1 saturated heterocycles. The van der Waals surface area contributed by atoms with E-state index in [4.69, 9.17) is 9.92 Å². The van der Waals surface area contributed by atoms with Gasteiger partial charge in [0.25, 0.3) is 0 Å². The van der Waals surface area contributed by atoms with E-state index >= 15 is 0 Å². The van der Waals surface area contributed by atoms with Crippen molar-refractivity contribution in [3.8, 4) is 0 Å². The Morgan fingerprint density at radius 3 is 2.38 bits per heavy atom. The first-order valence-electron chi connectivity index (χ1n) is 7.32. The van der Waals surface area contributed by atoms with Gasteiger partial charge in [0.15, 0.2) is 0 Å². The summed E-state index contributed by atoms with van der Waals surface area (Å²) in [4.78, 5) is 2.30. The molecule has 0 amide bonds. The Kier molecular flexibility index (Phi) is 5.24. The highest BCUT2D eigenvalue weighted by molar-refractivity contribution is 7.77. The number of nitrogens with zero attached hydrogens (tertiary/aromatic N) is 2. The molecule has 1 aromatic carbocycles. The van der Waals surface area contributed by atoms with Crippen LogP contribution in [-0.4, -0.2) is 40.3 Å². The van der Waals surface area contributed by atoms with Gasteiger partial charge in [0.05, 0.1) is 5.60 Å². The Morgan fingerprint density at radius 1 is 1.10 bits per heavy atom. The molecule has 1 unspecified atom stereocenters. The highest BCUT2D eigenvalue weighted by atomic mass is 32.2. The molecule has 5 nitrogen and oxygen atoms in total. The van der Waals surface area contributed by atoms with Crippen LogP contribution < -0.4 is 10.6 Å². The average molecular weight is 311 g/mol. The van der Waals surface area contributed by atoms with Crippen LogP contribution in [0.25, 0.3) is 0 Å². The zero-order valence-corrected chi connectivity index (χ0v) is 13.9. The Labute approximate surface area is 129 Å². The maximum atomic E-state index is 12.2. The predicted molar refractivity (Wildman–Crippen MR) is 88.2 cm³/mol. The van der Waals surface area contributed by atoms with E-state index in [-0.39, 0.29) is 0 Å². The highest BCUT2D eigenvalue weighted by Crippen LogP contribution is 2.19. The summed E-state index contributed by atoms with van der Waals surface area (Å²) in [5.41, 5.74) is 7.26. The Bertz CT molecular complexity index is 485. The van der Waals surface area contributed by atoms with Gasteiger partial charge in [0.1, 0.15) is 0 Å². The van der Waals surface area contributed by atoms with Gasteiger partial charge in [-0.15, -0.1) is 0 Å². The van der Waals surface area contributed by atoms with E-state index in [1.165, 1.54) is 0 Å². The molecule has 0 aliphatic carbocycles. The second-order valence-corrected chi connectivity index (χ2v) is 7.39. The molecule has 0 radical (unpaired) electrons. The fraction of sp³-hybridized carbons (Fsp3) is 0.600. The Hall–Kier alpha value is -1.11. The first-order valence-corrected chi connectivity index (χ1v) is 8.35. The maximum Gasteiger partial charge on any atom is 0.237 e. The quantitative estimate of drug-likeness (QED) is 0.869. The van der Waals surface area contributed by atoms with E-state index < -0.39 is 16.9 Å². The largest absolute Gasteiger partial charge is 0.399 e. The van der Waals surface area contributed by atoms with E-state index in [0.717, 1.165) is 44.0 Å². The van der Waals surface area contributed by atoms with Gasteiger partial charge in [-0.05, 0) is 51.5 Å². The summed E-state index contributed by atoms with van der Waals surface area (Å²) in [6.45, 7) is 9.06. The normalized spacial score (nSPS) is 19.3. The summed E-state index contributed by atoms with van der Waals surface area (Å²) in [6, 6.07) is 7.90. The van der Waals surface area contributed by atoms with Crippen molar-refractivity contribution in [3.05, 3.63) is 24.3 Å². The van der Waals surface area contributed by atoms with Crippen molar-refractivity contribution in [2.24, 2.45) is 0 Å². The van der Waals surface area contributed by atoms with Crippen LogP contribution in [0.15, 0.2) is 24.3 Å². The molecule has 1 aliphatic heterocycles. The van der Waals surface area contributed by atoms with Gasteiger partial charge >= 0.3 is 0 Å². The van der Waals surface area contributed by atoms with Crippen molar-refractivity contribution in [2.75, 3.05) is 36.8 Å². The lowest BCUT2D eigenvalue weighted by molar-refractivity contribution is 0.139. The SMILES string of the molecule is CC(C)(C)OS(=O)N1CCCN(c2ccc(N)cc2)CC1. The molecule has 2 rings (SSSR count). The highest BCUT2D eigenvalue weighted by Gasteiger charge is 2.24. The summed E-state index contributed by atoms with van der Waals surface area (Å²) in [5, 5.41) is 0. The van der Waals surface area contributed by atoms with Crippen LogP contribution in [0.3, 0.4) is 0 Å². The van der Waals surface area contributed by atoms with Gasteiger partial charge in [0, 0.05) is 37.6 Å². The lowest BCUT2D eigenvalue weighted by Crippen LogP contribution is -2.35. The average Bonchev–Trinajstić information content (AvgIpc) is 2.63. The number of benzene rings is 1. The zero-order chi connectivity index (χ0) is 15.5. The Morgan fingerprint density at radius 2 is 1.76 bits per heavy atom. The van der Waals surface area contributed by atoms with E-state index in [1.54, 1.807) is 0 Å². The number of nitrogen functional groups attached to an aromatic ring is 1. The molecular weight excluding hydrogens is 286 g/mol. The standard InChI is InChI=1S/C15H25N3O2S/c1-15(2,3)20-21(19)18-10-4-9-17(11-12-18)14-7-5-13(16)6-8-14/h5-8H,4,9-12,16H2,1-3H3. The molecule has 1 atom stereocenters. The minimum absolute atomic E-state index is 0.395. The molecule has 0 bridgehead atoms. The van der Waals surface area contributed by atoms with E-state index in [2.05, 4.69) is 4.90 Å². The van der Waals surface area contributed by atoms with E-state index in [1.807, 2.05) is 49.3 Å². The van der Waals surface area contributed by atoms with Crippen LogP contribution in [0, 0.1) is 0 Å². The fourth-order valence-electron chi connectivity index (χ4n) is 2.25. The lowest BCUT2D eigenvalue weighted by atomic mass is 10.2. The third kappa shape index (κ3) is 4.98. The van der Waals surface area contributed by atoms with Crippen molar-refractivity contribution in [1.29, 1.82) is 0 Å². The number of hydrogen-bond donors (Lipinski definition) is 1. The number of hydrogen-bond acceptors (Lipinski definition) is 4. The van der Waals surface area contributed by atoms with Gasteiger partial charge in [-0.3, -0.25) is 4.18 Å². The molecular formula is C15H25N3O2S. The van der Waals surface area contributed by atoms with Crippen molar-refractivity contribution in [1.82, 2.24) is 4.31 Å². The third-order valence-electron chi connectivity index (χ3n) is 3.25. The summed E-state index contributed by atoms with van der Waals surface area (Å²) >= 11 is -1.38. The molecule has 0 spiro atoms. The van der Waals surface area contributed by atoms with Crippen molar-refractivity contribution in [3.63, 3.8) is 0 Å². The Balaban J connectivity index is 1.95. The number of anilines is 2. The van der Waals surface area contributed by atoms with E-state index in [0.29, 0.717) is 0 Å². The third-order valence-corrected chi connectivity index (χ3v) is 4.67. The molecule has 118 valence electrons. The summed E-state index contributed by atoms with van der Waals surface area (Å²) < 4.78 is 19.7. The molecule has 6 heteroatoms. The summed E-state index contributed by atoms with van der Waals surface area (Å²) in [6.07, 6.45) is 0.962. The van der Waals surface area contributed by atoms with Crippen LogP contribution in [0.4, 0.5) is 11.4 Å². The van der Waals surface area contributed by atoms with Crippen molar-refractivity contribution in [2.45, 2.75) is 32.8 Å². The van der Waals surface area contributed by atoms with Crippen LogP contribution in [0.2, 0.25) is 0 Å². The minimum atomic E-state index is -1.38. The van der Waals surface area contributed by atoms with Crippen LogP contribution in [0.5, 0.6) is 0 Å². The van der Waals surface area contributed by atoms with E-state index in [9.17, 15) is 4.21 Å². The molecule has 1 fully saturated rings. The smallest absolute Gasteiger partial charge is 0.237 e. The first kappa shape index (κ1) is 16.3.